The molecule has 2 amide bonds. The fraction of sp³-hybridized carbons (Fsp3) is 0.438. The van der Waals surface area contributed by atoms with Gasteiger partial charge in [0.1, 0.15) is 6.54 Å². The van der Waals surface area contributed by atoms with Crippen LogP contribution in [0.1, 0.15) is 30.1 Å². The Kier molecular flexibility index (Phi) is 5.20. The van der Waals surface area contributed by atoms with Crippen LogP contribution in [0, 0.1) is 0 Å². The highest BCUT2D eigenvalue weighted by atomic mass is 16.4. The molecule has 1 aromatic rings. The summed E-state index contributed by atoms with van der Waals surface area (Å²) in [5.41, 5.74) is 1.79. The summed E-state index contributed by atoms with van der Waals surface area (Å²) < 4.78 is 0. The van der Waals surface area contributed by atoms with E-state index in [9.17, 15) is 14.4 Å². The van der Waals surface area contributed by atoms with E-state index in [1.165, 1.54) is 4.90 Å². The fourth-order valence-electron chi connectivity index (χ4n) is 2.57. The van der Waals surface area contributed by atoms with Gasteiger partial charge in [-0.05, 0) is 24.6 Å². The Morgan fingerprint density at radius 1 is 1.39 bits per heavy atom. The molecule has 0 aromatic heterocycles. The molecule has 0 saturated heterocycles. The number of fused-ring (bicyclic) bond motifs is 1. The van der Waals surface area contributed by atoms with Crippen molar-refractivity contribution in [1.29, 1.82) is 0 Å². The molecule has 23 heavy (non-hydrogen) atoms. The predicted molar refractivity (Wildman–Crippen MR) is 86.8 cm³/mol. The number of anilines is 2. The molecule has 0 bridgehead atoms. The van der Waals surface area contributed by atoms with Gasteiger partial charge in [0.05, 0.1) is 11.4 Å². The third-order valence-corrected chi connectivity index (χ3v) is 3.71. The number of hydrogen-bond donors (Lipinski definition) is 2. The van der Waals surface area contributed by atoms with Gasteiger partial charge in [-0.1, -0.05) is 6.92 Å². The Hall–Kier alpha value is -2.57. The summed E-state index contributed by atoms with van der Waals surface area (Å²) in [5, 5.41) is 11.7. The zero-order chi connectivity index (χ0) is 17.0. The van der Waals surface area contributed by atoms with Crippen LogP contribution < -0.4 is 10.2 Å². The molecular formula is C16H21N3O4. The molecule has 1 heterocycles. The number of benzene rings is 1. The lowest BCUT2D eigenvalue weighted by Gasteiger charge is -2.22. The smallest absolute Gasteiger partial charge is 0.323 e. The van der Waals surface area contributed by atoms with Crippen LogP contribution in [0.15, 0.2) is 18.2 Å². The summed E-state index contributed by atoms with van der Waals surface area (Å²) in [7, 11) is 1.88. The normalized spacial score (nSPS) is 13.8. The second-order valence-electron chi connectivity index (χ2n) is 5.57. The average molecular weight is 319 g/mol. The van der Waals surface area contributed by atoms with Crippen molar-refractivity contribution in [3.63, 3.8) is 0 Å². The Labute approximate surface area is 134 Å². The number of amides is 2. The monoisotopic (exact) mass is 319 g/mol. The summed E-state index contributed by atoms with van der Waals surface area (Å²) in [6, 6.07) is 5.06. The third kappa shape index (κ3) is 4.00. The maximum absolute atomic E-state index is 12.5. The maximum atomic E-state index is 12.5. The quantitative estimate of drug-likeness (QED) is 0.856. The molecule has 7 nitrogen and oxygen atoms in total. The maximum Gasteiger partial charge on any atom is 0.323 e. The number of nitrogens with zero attached hydrogens (tertiary/aromatic N) is 2. The van der Waals surface area contributed by atoms with Crippen LogP contribution in [0.2, 0.25) is 0 Å². The second-order valence-corrected chi connectivity index (χ2v) is 5.57. The van der Waals surface area contributed by atoms with Gasteiger partial charge in [-0.2, -0.15) is 0 Å². The molecule has 0 fully saturated rings. The third-order valence-electron chi connectivity index (χ3n) is 3.71. The molecule has 0 aliphatic carbocycles. The summed E-state index contributed by atoms with van der Waals surface area (Å²) in [6.45, 7) is 2.52. The minimum atomic E-state index is -1.05. The molecule has 0 spiro atoms. The van der Waals surface area contributed by atoms with E-state index in [1.807, 2.05) is 18.9 Å². The Morgan fingerprint density at radius 3 is 2.78 bits per heavy atom. The molecule has 0 saturated carbocycles. The summed E-state index contributed by atoms with van der Waals surface area (Å²) in [4.78, 5) is 38.5. The molecule has 0 atom stereocenters. The van der Waals surface area contributed by atoms with Gasteiger partial charge < -0.3 is 20.2 Å². The first-order chi connectivity index (χ1) is 10.9. The van der Waals surface area contributed by atoms with Crippen molar-refractivity contribution < 1.29 is 19.5 Å². The molecule has 2 rings (SSSR count). The molecule has 1 aromatic carbocycles. The molecular weight excluding hydrogens is 298 g/mol. The average Bonchev–Trinajstić information content (AvgIpc) is 2.64. The topological polar surface area (TPSA) is 90.0 Å². The lowest BCUT2D eigenvalue weighted by molar-refractivity contribution is -0.137. The molecule has 2 N–H and O–H groups in total. The fourth-order valence-corrected chi connectivity index (χ4v) is 2.57. The van der Waals surface area contributed by atoms with Crippen molar-refractivity contribution in [3.8, 4) is 0 Å². The van der Waals surface area contributed by atoms with Gasteiger partial charge in [0, 0.05) is 32.1 Å². The van der Waals surface area contributed by atoms with E-state index < -0.39 is 5.97 Å². The van der Waals surface area contributed by atoms with Crippen LogP contribution in [0.4, 0.5) is 11.4 Å². The van der Waals surface area contributed by atoms with E-state index >= 15 is 0 Å². The van der Waals surface area contributed by atoms with Gasteiger partial charge in [-0.25, -0.2) is 0 Å². The van der Waals surface area contributed by atoms with Crippen molar-refractivity contribution in [2.24, 2.45) is 0 Å². The SMILES string of the molecule is CCCN(CC(=O)O)C(=O)c1ccc2c(c1)NC(=O)CCN2C. The highest BCUT2D eigenvalue weighted by Crippen LogP contribution is 2.29. The van der Waals surface area contributed by atoms with Gasteiger partial charge >= 0.3 is 5.97 Å². The number of hydrogen-bond acceptors (Lipinski definition) is 4. The minimum absolute atomic E-state index is 0.101. The number of aliphatic carboxylic acids is 1. The van der Waals surface area contributed by atoms with Gasteiger partial charge in [-0.15, -0.1) is 0 Å². The highest BCUT2D eigenvalue weighted by molar-refractivity contribution is 6.01. The predicted octanol–water partition coefficient (Wildman–Crippen LogP) is 1.40. The molecule has 7 heteroatoms. The number of carboxylic acids is 1. The van der Waals surface area contributed by atoms with Crippen LogP contribution in [-0.4, -0.2) is 54.5 Å². The summed E-state index contributed by atoms with van der Waals surface area (Å²) in [6.07, 6.45) is 1.05. The first-order valence-electron chi connectivity index (χ1n) is 7.58. The Morgan fingerprint density at radius 2 is 2.13 bits per heavy atom. The first-order valence-corrected chi connectivity index (χ1v) is 7.58. The first kappa shape index (κ1) is 16.8. The summed E-state index contributed by atoms with van der Waals surface area (Å²) in [5.74, 6) is -1.50. The lowest BCUT2D eigenvalue weighted by Crippen LogP contribution is -2.36. The van der Waals surface area contributed by atoms with Gasteiger partial charge in [-0.3, -0.25) is 14.4 Å². The second kappa shape index (κ2) is 7.13. The van der Waals surface area contributed by atoms with Crippen molar-refractivity contribution in [2.75, 3.05) is 36.9 Å². The van der Waals surface area contributed by atoms with E-state index in [-0.39, 0.29) is 18.4 Å². The largest absolute Gasteiger partial charge is 0.480 e. The Balaban J connectivity index is 2.31. The number of carboxylic acid groups (broad SMARTS) is 1. The van der Waals surface area contributed by atoms with Gasteiger partial charge in [0.2, 0.25) is 5.91 Å². The highest BCUT2D eigenvalue weighted by Gasteiger charge is 2.21. The summed E-state index contributed by atoms with van der Waals surface area (Å²) >= 11 is 0. The molecule has 0 radical (unpaired) electrons. The number of carbonyl (C=O) groups excluding carboxylic acids is 2. The van der Waals surface area contributed by atoms with Crippen molar-refractivity contribution >= 4 is 29.2 Å². The van der Waals surface area contributed by atoms with Gasteiger partial charge in [0.15, 0.2) is 0 Å². The molecule has 1 aliphatic rings. The molecule has 0 unspecified atom stereocenters. The number of rotatable bonds is 5. The van der Waals surface area contributed by atoms with Crippen molar-refractivity contribution in [2.45, 2.75) is 19.8 Å². The minimum Gasteiger partial charge on any atom is -0.480 e. The Bertz CT molecular complexity index is 630. The zero-order valence-corrected chi connectivity index (χ0v) is 13.3. The van der Waals surface area contributed by atoms with Crippen molar-refractivity contribution in [1.82, 2.24) is 4.90 Å². The van der Waals surface area contributed by atoms with Crippen LogP contribution >= 0.6 is 0 Å². The zero-order valence-electron chi connectivity index (χ0n) is 13.3. The van der Waals surface area contributed by atoms with E-state index in [1.54, 1.807) is 18.2 Å². The van der Waals surface area contributed by atoms with Crippen LogP contribution in [0.5, 0.6) is 0 Å². The van der Waals surface area contributed by atoms with Crippen molar-refractivity contribution in [3.05, 3.63) is 23.8 Å². The van der Waals surface area contributed by atoms with Crippen LogP contribution in [0.25, 0.3) is 0 Å². The van der Waals surface area contributed by atoms with Gasteiger partial charge in [0.25, 0.3) is 5.91 Å². The molecule has 1 aliphatic heterocycles. The molecule has 124 valence electrons. The standard InChI is InChI=1S/C16H21N3O4/c1-3-7-19(10-15(21)22)16(23)11-4-5-13-12(9-11)17-14(20)6-8-18(13)2/h4-5,9H,3,6-8,10H2,1-2H3,(H,17,20)(H,21,22). The van der Waals surface area contributed by atoms with Crippen LogP contribution in [0.3, 0.4) is 0 Å². The van der Waals surface area contributed by atoms with Crippen LogP contribution in [-0.2, 0) is 9.59 Å². The van der Waals surface area contributed by atoms with E-state index in [0.29, 0.717) is 37.2 Å². The number of carbonyl (C=O) groups is 3. The number of nitrogens with one attached hydrogen (secondary N) is 1. The van der Waals surface area contributed by atoms with E-state index in [0.717, 1.165) is 5.69 Å². The van der Waals surface area contributed by atoms with E-state index in [4.69, 9.17) is 5.11 Å². The van der Waals surface area contributed by atoms with E-state index in [2.05, 4.69) is 5.32 Å². The lowest BCUT2D eigenvalue weighted by atomic mass is 10.1.